The predicted octanol–water partition coefficient (Wildman–Crippen LogP) is 23.8. The molecule has 9 aromatic rings. The lowest BCUT2D eigenvalue weighted by Crippen LogP contribution is -2.38. The zero-order valence-electron chi connectivity index (χ0n) is 79.3. The number of pyridine rings is 3. The van der Waals surface area contributed by atoms with Crippen LogP contribution in [0.4, 0.5) is 111 Å². The predicted molar refractivity (Wildman–Crippen MR) is 486 cm³/mol. The Morgan fingerprint density at radius 3 is 0.924 bits per heavy atom. The largest absolute Gasteiger partial charge is 0.496 e. The molecular formula is C103H101F18N9O14. The van der Waals surface area contributed by atoms with Crippen molar-refractivity contribution in [3.05, 3.63) is 235 Å². The van der Waals surface area contributed by atoms with Crippen molar-refractivity contribution in [2.24, 2.45) is 17.8 Å². The molecule has 9 aliphatic rings. The van der Waals surface area contributed by atoms with Gasteiger partial charge in [-0.05, 0) is 263 Å². The molecule has 8 atom stereocenters. The normalized spacial score (nSPS) is 22.5. The van der Waals surface area contributed by atoms with Gasteiger partial charge in [-0.1, -0.05) is 37.3 Å². The molecule has 3 amide bonds. The fourth-order valence-corrected chi connectivity index (χ4v) is 19.5. The second kappa shape index (κ2) is 40.7. The average molecular weight is 2030 g/mol. The molecule has 0 N–H and O–H groups in total. The monoisotopic (exact) mass is 2030 g/mol. The summed E-state index contributed by atoms with van der Waals surface area (Å²) in [5.41, 5.74) is -0.607. The highest BCUT2D eigenvalue weighted by atomic mass is 19.4. The van der Waals surface area contributed by atoms with Crippen LogP contribution in [0.5, 0.6) is 11.5 Å². The first-order valence-corrected chi connectivity index (χ1v) is 46.9. The number of hydrogen-bond donors (Lipinski definition) is 0. The first-order chi connectivity index (χ1) is 68.0. The lowest BCUT2D eigenvalue weighted by Gasteiger charge is -2.34. The maximum absolute atomic E-state index is 13.6. The highest BCUT2D eigenvalue weighted by Crippen LogP contribution is 2.54. The summed E-state index contributed by atoms with van der Waals surface area (Å²) in [6.07, 6.45) is -30.3. The van der Waals surface area contributed by atoms with Crippen LogP contribution in [0.25, 0.3) is 33.4 Å². The summed E-state index contributed by atoms with van der Waals surface area (Å²) >= 11 is 0. The van der Waals surface area contributed by atoms with Crippen molar-refractivity contribution < 1.29 is 146 Å². The fourth-order valence-electron chi connectivity index (χ4n) is 19.5. The molecular weight excluding hydrogens is 1930 g/mol. The van der Waals surface area contributed by atoms with Crippen LogP contribution < -0.4 is 24.2 Å². The van der Waals surface area contributed by atoms with E-state index in [2.05, 4.69) is 14.7 Å². The molecule has 3 aromatic heterocycles. The second-order valence-electron chi connectivity index (χ2n) is 37.2. The molecule has 6 saturated heterocycles. The number of carbonyl (C=O) groups excluding carboxylic acids is 6. The molecule has 18 rings (SSSR count). The van der Waals surface area contributed by atoms with Crippen molar-refractivity contribution in [3.63, 3.8) is 0 Å². The summed E-state index contributed by atoms with van der Waals surface area (Å²) in [6.45, 7) is 13.0. The number of esters is 3. The van der Waals surface area contributed by atoms with Gasteiger partial charge in [-0.25, -0.2) is 29.3 Å². The number of halogens is 18. The third-order valence-corrected chi connectivity index (χ3v) is 28.3. The van der Waals surface area contributed by atoms with Crippen LogP contribution >= 0.6 is 0 Å². The SMILES string of the molecule is CCOC(=O)[C@@H]1C[C@H]1c1ccc(CC)c(-c2ccc(N3CCC3)nc2CN2C(=O)O[C@H](c3cc(C(F)(F)F)cc(C(F)(F)F)c3)[C@@H]2C)c1.COC(=O)C1CC(c2ccc(OC)c(-c3ccc(N4CCC4)nc3CN3C(=O)O[C@H](c4cc(C(F)(F)F)cc(C(F)(F)F)c4)[C@@H]3C)c2)C1.COC(=O)C1CC(c2ccc(OC)c(-c3ccc(N4CCC4)nc3CN3C(=O)O[C@H](c4cc(C(F)(F)F)cc(C(F)(F)F)c4)[C@@H]3C)c2)C1. The van der Waals surface area contributed by atoms with Crippen molar-refractivity contribution in [1.82, 2.24) is 29.7 Å². The van der Waals surface area contributed by atoms with Gasteiger partial charge in [0.1, 0.15) is 47.3 Å². The summed E-state index contributed by atoms with van der Waals surface area (Å²) in [7, 11) is 5.76. The lowest BCUT2D eigenvalue weighted by molar-refractivity contribution is -0.149. The molecule has 9 heterocycles. The van der Waals surface area contributed by atoms with Gasteiger partial charge in [-0.2, -0.15) is 79.0 Å². The third-order valence-electron chi connectivity index (χ3n) is 28.3. The van der Waals surface area contributed by atoms with E-state index >= 15 is 0 Å². The lowest BCUT2D eigenvalue weighted by atomic mass is 9.71. The van der Waals surface area contributed by atoms with Crippen LogP contribution in [0.15, 0.2) is 146 Å². The standard InChI is InChI=1S/C35H35F6N3O4.2C34H33F6N3O5/c1-4-20-7-8-21(27-17-28(27)32(45)47-5-2)15-26(20)25-9-10-30(43-11-6-12-43)42-29(25)18-44-19(3)31(48-33(44)46)22-13-23(34(36,37)38)16-24(14-22)35(39,40)41;2*1-18-30(21-13-23(33(35,36)37)16-24(14-21)34(38,39)40)48-32(45)43(18)17-27-25(6-8-29(41-27)42-9-4-10-42)26-15-19(5-7-28(26)46-2)20-11-22(12-20)31(44)47-3/h7-10,13-16,19,27-28,31H,4-6,11-12,17-18H2,1-3H3;2*5-8,13-16,18,20,22,30H,4,9-12,17H2,1-3H3/t19-,27-,28+,31-;2*18-,20?,22?,30-/m000/s1. The molecule has 0 unspecified atom stereocenters. The van der Waals surface area contributed by atoms with Crippen LogP contribution in [-0.2, 0) is 106 Å². The Kier molecular flexibility index (Phi) is 29.3. The number of benzene rings is 6. The summed E-state index contributed by atoms with van der Waals surface area (Å²) < 4.78 is 288. The summed E-state index contributed by atoms with van der Waals surface area (Å²) in [6, 6.07) is 29.6. The van der Waals surface area contributed by atoms with Gasteiger partial charge in [0.05, 0.1) is 141 Å². The number of carbonyl (C=O) groups is 6. The van der Waals surface area contributed by atoms with Gasteiger partial charge in [-0.15, -0.1) is 0 Å². The number of amides is 3. The number of hydrogen-bond acceptors (Lipinski definition) is 20. The number of cyclic esters (lactones) is 3. The number of anilines is 3. The first kappa shape index (κ1) is 104. The molecule has 3 aliphatic carbocycles. The molecule has 0 spiro atoms. The molecule has 0 radical (unpaired) electrons. The molecule has 144 heavy (non-hydrogen) atoms. The van der Waals surface area contributed by atoms with Crippen molar-refractivity contribution in [3.8, 4) is 44.9 Å². The maximum atomic E-state index is 13.6. The summed E-state index contributed by atoms with van der Waals surface area (Å²) in [4.78, 5) is 101. The van der Waals surface area contributed by atoms with E-state index in [0.717, 1.165) is 91.9 Å². The van der Waals surface area contributed by atoms with Gasteiger partial charge in [0.25, 0.3) is 0 Å². The Morgan fingerprint density at radius 1 is 0.354 bits per heavy atom. The van der Waals surface area contributed by atoms with E-state index in [-0.39, 0.29) is 91.2 Å². The Morgan fingerprint density at radius 2 is 0.653 bits per heavy atom. The van der Waals surface area contributed by atoms with Crippen molar-refractivity contribution >= 4 is 53.6 Å². The number of alkyl halides is 18. The van der Waals surface area contributed by atoms with Crippen molar-refractivity contribution in [2.75, 3.05) is 89.0 Å². The number of aromatic nitrogens is 3. The summed E-state index contributed by atoms with van der Waals surface area (Å²) in [5.74, 6) is 1.99. The zero-order chi connectivity index (χ0) is 104. The van der Waals surface area contributed by atoms with Gasteiger partial charge in [-0.3, -0.25) is 29.1 Å². The van der Waals surface area contributed by atoms with E-state index < -0.39 is 142 Å². The molecule has 9 fully saturated rings. The van der Waals surface area contributed by atoms with E-state index in [4.69, 9.17) is 52.8 Å². The van der Waals surface area contributed by atoms with Gasteiger partial charge in [0, 0.05) is 67.1 Å². The quantitative estimate of drug-likeness (QED) is 0.0294. The van der Waals surface area contributed by atoms with Gasteiger partial charge in [0.2, 0.25) is 0 Å². The van der Waals surface area contributed by atoms with Crippen LogP contribution in [-0.4, -0.2) is 158 Å². The Labute approximate surface area is 815 Å². The van der Waals surface area contributed by atoms with E-state index in [1.165, 1.54) is 63.9 Å². The minimum atomic E-state index is -5.05. The Bertz CT molecular complexity index is 6000. The summed E-state index contributed by atoms with van der Waals surface area (Å²) in [5, 5.41) is 0. The first-order valence-electron chi connectivity index (χ1n) is 46.9. The van der Waals surface area contributed by atoms with Gasteiger partial charge < -0.3 is 52.6 Å². The number of methoxy groups -OCH3 is 4. The molecule has 23 nitrogen and oxygen atoms in total. The van der Waals surface area contributed by atoms with E-state index in [9.17, 15) is 108 Å². The number of ether oxygens (including phenoxy) is 8. The smallest absolute Gasteiger partial charge is 0.416 e. The van der Waals surface area contributed by atoms with E-state index in [0.29, 0.717) is 150 Å². The zero-order valence-corrected chi connectivity index (χ0v) is 79.3. The molecule has 0 bridgehead atoms. The topological polar surface area (TPSA) is 234 Å². The van der Waals surface area contributed by atoms with Gasteiger partial charge >= 0.3 is 73.2 Å². The van der Waals surface area contributed by atoms with Crippen molar-refractivity contribution in [1.29, 1.82) is 0 Å². The Hall–Kier alpha value is -13.3. The van der Waals surface area contributed by atoms with Crippen molar-refractivity contribution in [2.45, 2.75) is 203 Å². The average Bonchev–Trinajstić information content (AvgIpc) is 1.46. The molecule has 6 aromatic carbocycles. The molecule has 3 saturated carbocycles. The van der Waals surface area contributed by atoms with Crippen LogP contribution in [0, 0.1) is 17.8 Å². The van der Waals surface area contributed by atoms with E-state index in [1.54, 1.807) is 6.92 Å². The highest BCUT2D eigenvalue weighted by molar-refractivity contribution is 5.82. The maximum Gasteiger partial charge on any atom is 0.416 e. The van der Waals surface area contributed by atoms with Crippen LogP contribution in [0.3, 0.4) is 0 Å². The van der Waals surface area contributed by atoms with E-state index in [1.807, 2.05) is 97.9 Å². The van der Waals surface area contributed by atoms with Gasteiger partial charge in [0.15, 0.2) is 0 Å². The number of nitrogens with zero attached hydrogens (tertiary/aromatic N) is 9. The fraction of sp³-hybridized carbons (Fsp3) is 0.447. The van der Waals surface area contributed by atoms with Crippen LogP contribution in [0.1, 0.15) is 211 Å². The molecule has 41 heteroatoms. The van der Waals surface area contributed by atoms with Crippen LogP contribution in [0.2, 0.25) is 0 Å². The number of aryl methyl sites for hydroxylation is 1. The number of rotatable bonds is 25. The highest BCUT2D eigenvalue weighted by Gasteiger charge is 2.51. The minimum absolute atomic E-state index is 0.00821. The second-order valence-corrected chi connectivity index (χ2v) is 37.2. The molecule has 6 aliphatic heterocycles. The third kappa shape index (κ3) is 21.9. The Balaban J connectivity index is 0.000000155. The molecule has 768 valence electrons. The minimum Gasteiger partial charge on any atom is -0.496 e.